The molecule has 0 amide bonds. The van der Waals surface area contributed by atoms with Crippen molar-refractivity contribution in [1.29, 1.82) is 0 Å². The fourth-order valence-corrected chi connectivity index (χ4v) is 2.39. The number of methoxy groups -OCH3 is 1. The molecule has 104 valence electrons. The van der Waals surface area contributed by atoms with E-state index in [0.717, 1.165) is 12.0 Å². The smallest absolute Gasteiger partial charge is 0.333 e. The molecule has 0 aromatic heterocycles. The van der Waals surface area contributed by atoms with E-state index in [1.807, 2.05) is 0 Å². The number of esters is 1. The molecule has 19 heavy (non-hydrogen) atoms. The largest absolute Gasteiger partial charge is 0.467 e. The average Bonchev–Trinajstić information content (AvgIpc) is 2.37. The first-order chi connectivity index (χ1) is 9.05. The molecule has 1 aromatic rings. The molecule has 1 aliphatic heterocycles. The van der Waals surface area contributed by atoms with E-state index >= 15 is 0 Å². The van der Waals surface area contributed by atoms with Crippen LogP contribution in [0.5, 0.6) is 0 Å². The zero-order valence-electron chi connectivity index (χ0n) is 11.2. The van der Waals surface area contributed by atoms with Gasteiger partial charge in [-0.2, -0.15) is 0 Å². The van der Waals surface area contributed by atoms with Gasteiger partial charge in [0.05, 0.1) is 13.7 Å². The van der Waals surface area contributed by atoms with E-state index in [1.165, 1.54) is 19.2 Å². The molecule has 5 heteroatoms. The molecule has 0 radical (unpaired) electrons. The van der Waals surface area contributed by atoms with Crippen LogP contribution in [0.3, 0.4) is 0 Å². The SMILES string of the molecule is COC(=O)C1(Nc2cc(C)cc(F)c2)CCCOC1. The van der Waals surface area contributed by atoms with Gasteiger partial charge in [-0.15, -0.1) is 0 Å². The van der Waals surface area contributed by atoms with Crippen LogP contribution >= 0.6 is 0 Å². The number of hydrogen-bond acceptors (Lipinski definition) is 4. The number of aryl methyl sites for hydroxylation is 1. The molecule has 1 atom stereocenters. The van der Waals surface area contributed by atoms with Gasteiger partial charge < -0.3 is 14.8 Å². The van der Waals surface area contributed by atoms with Crippen molar-refractivity contribution in [1.82, 2.24) is 0 Å². The Morgan fingerprint density at radius 2 is 2.26 bits per heavy atom. The van der Waals surface area contributed by atoms with Crippen LogP contribution in [0.25, 0.3) is 0 Å². The highest BCUT2D eigenvalue weighted by Crippen LogP contribution is 2.27. The molecule has 0 spiro atoms. The van der Waals surface area contributed by atoms with Crippen molar-refractivity contribution in [3.05, 3.63) is 29.6 Å². The average molecular weight is 267 g/mol. The van der Waals surface area contributed by atoms with Gasteiger partial charge in [-0.3, -0.25) is 0 Å². The predicted molar refractivity (Wildman–Crippen MR) is 69.6 cm³/mol. The Morgan fingerprint density at radius 3 is 2.84 bits per heavy atom. The Balaban J connectivity index is 2.27. The lowest BCUT2D eigenvalue weighted by Gasteiger charge is -2.35. The number of rotatable bonds is 3. The van der Waals surface area contributed by atoms with Gasteiger partial charge in [0, 0.05) is 12.3 Å². The van der Waals surface area contributed by atoms with Crippen LogP contribution in [0.4, 0.5) is 10.1 Å². The van der Waals surface area contributed by atoms with E-state index in [4.69, 9.17) is 9.47 Å². The number of carbonyl (C=O) groups is 1. The maximum atomic E-state index is 13.4. The highest BCUT2D eigenvalue weighted by Gasteiger charge is 2.41. The van der Waals surface area contributed by atoms with E-state index < -0.39 is 5.54 Å². The summed E-state index contributed by atoms with van der Waals surface area (Å²) in [5.41, 5.74) is 0.431. The minimum atomic E-state index is -0.923. The zero-order valence-corrected chi connectivity index (χ0v) is 11.2. The monoisotopic (exact) mass is 267 g/mol. The van der Waals surface area contributed by atoms with Gasteiger partial charge in [0.15, 0.2) is 5.54 Å². The number of benzene rings is 1. The second kappa shape index (κ2) is 5.57. The molecule has 1 aromatic carbocycles. The minimum Gasteiger partial charge on any atom is -0.467 e. The summed E-state index contributed by atoms with van der Waals surface area (Å²) in [5.74, 6) is -0.714. The Morgan fingerprint density at radius 1 is 1.47 bits per heavy atom. The molecule has 1 unspecified atom stereocenters. The van der Waals surface area contributed by atoms with E-state index in [0.29, 0.717) is 18.7 Å². The van der Waals surface area contributed by atoms with E-state index in [1.54, 1.807) is 13.0 Å². The van der Waals surface area contributed by atoms with Crippen molar-refractivity contribution >= 4 is 11.7 Å². The Labute approximate surface area is 111 Å². The summed E-state index contributed by atoms with van der Waals surface area (Å²) in [6.45, 7) is 2.66. The molecule has 1 heterocycles. The second-order valence-electron chi connectivity index (χ2n) is 4.87. The maximum absolute atomic E-state index is 13.4. The lowest BCUT2D eigenvalue weighted by Crippen LogP contribution is -2.53. The molecule has 1 aliphatic rings. The first-order valence-electron chi connectivity index (χ1n) is 6.27. The Kier molecular flexibility index (Phi) is 4.04. The fraction of sp³-hybridized carbons (Fsp3) is 0.500. The van der Waals surface area contributed by atoms with Crippen LogP contribution in [0, 0.1) is 12.7 Å². The zero-order chi connectivity index (χ0) is 13.9. The summed E-state index contributed by atoms with van der Waals surface area (Å²) in [6, 6.07) is 4.60. The van der Waals surface area contributed by atoms with Gasteiger partial charge in [0.2, 0.25) is 0 Å². The topological polar surface area (TPSA) is 47.6 Å². The Bertz CT molecular complexity index is 450. The second-order valence-corrected chi connectivity index (χ2v) is 4.87. The summed E-state index contributed by atoms with van der Waals surface area (Å²) in [7, 11) is 1.34. The number of carbonyl (C=O) groups excluding carboxylic acids is 1. The van der Waals surface area contributed by atoms with Gasteiger partial charge in [0.1, 0.15) is 5.82 Å². The molecule has 1 fully saturated rings. The van der Waals surface area contributed by atoms with Gasteiger partial charge in [-0.05, 0) is 43.5 Å². The third-order valence-electron chi connectivity index (χ3n) is 3.24. The van der Waals surface area contributed by atoms with Crippen LogP contribution < -0.4 is 5.32 Å². The van der Waals surface area contributed by atoms with Crippen molar-refractivity contribution in [3.63, 3.8) is 0 Å². The van der Waals surface area contributed by atoms with Gasteiger partial charge in [0.25, 0.3) is 0 Å². The summed E-state index contributed by atoms with van der Waals surface area (Å²) in [4.78, 5) is 12.0. The predicted octanol–water partition coefficient (Wildman–Crippen LogP) is 2.27. The van der Waals surface area contributed by atoms with Gasteiger partial charge in [-0.1, -0.05) is 0 Å². The summed E-state index contributed by atoms with van der Waals surface area (Å²) in [5, 5.41) is 3.09. The molecular formula is C14H18FNO3. The first-order valence-corrected chi connectivity index (χ1v) is 6.27. The lowest BCUT2D eigenvalue weighted by molar-refractivity contribution is -0.150. The molecule has 1 N–H and O–H groups in total. The first kappa shape index (κ1) is 13.8. The standard InChI is InChI=1S/C14H18FNO3/c1-10-6-11(15)8-12(7-10)16-14(13(17)18-2)4-3-5-19-9-14/h6-8,16H,3-5,9H2,1-2H3. The molecular weight excluding hydrogens is 249 g/mol. The van der Waals surface area contributed by atoms with E-state index in [9.17, 15) is 9.18 Å². The number of nitrogens with one attached hydrogen (secondary N) is 1. The van der Waals surface area contributed by atoms with Crippen molar-refractivity contribution in [2.45, 2.75) is 25.3 Å². The molecule has 0 saturated carbocycles. The molecule has 1 saturated heterocycles. The third-order valence-corrected chi connectivity index (χ3v) is 3.24. The van der Waals surface area contributed by atoms with Crippen molar-refractivity contribution in [3.8, 4) is 0 Å². The van der Waals surface area contributed by atoms with E-state index in [-0.39, 0.29) is 18.4 Å². The fourth-order valence-electron chi connectivity index (χ4n) is 2.39. The molecule has 2 rings (SSSR count). The summed E-state index contributed by atoms with van der Waals surface area (Å²) < 4.78 is 23.6. The number of ether oxygens (including phenoxy) is 2. The highest BCUT2D eigenvalue weighted by molar-refractivity contribution is 5.85. The summed E-state index contributed by atoms with van der Waals surface area (Å²) >= 11 is 0. The van der Waals surface area contributed by atoms with Gasteiger partial charge >= 0.3 is 5.97 Å². The maximum Gasteiger partial charge on any atom is 0.333 e. The van der Waals surface area contributed by atoms with Crippen LogP contribution in [0.2, 0.25) is 0 Å². The van der Waals surface area contributed by atoms with Crippen molar-refractivity contribution in [2.24, 2.45) is 0 Å². The number of halogens is 1. The van der Waals surface area contributed by atoms with Crippen LogP contribution in [0.15, 0.2) is 18.2 Å². The van der Waals surface area contributed by atoms with Crippen LogP contribution in [-0.4, -0.2) is 31.8 Å². The van der Waals surface area contributed by atoms with Crippen LogP contribution in [-0.2, 0) is 14.3 Å². The third kappa shape index (κ3) is 3.04. The summed E-state index contributed by atoms with van der Waals surface area (Å²) in [6.07, 6.45) is 1.37. The Hall–Kier alpha value is -1.62. The molecule has 4 nitrogen and oxygen atoms in total. The van der Waals surface area contributed by atoms with Crippen LogP contribution in [0.1, 0.15) is 18.4 Å². The highest BCUT2D eigenvalue weighted by atomic mass is 19.1. The number of hydrogen-bond donors (Lipinski definition) is 1. The molecule has 0 aliphatic carbocycles. The van der Waals surface area contributed by atoms with Crippen molar-refractivity contribution < 1.29 is 18.7 Å². The minimum absolute atomic E-state index is 0.231. The van der Waals surface area contributed by atoms with E-state index in [2.05, 4.69) is 5.32 Å². The number of anilines is 1. The quantitative estimate of drug-likeness (QED) is 0.853. The van der Waals surface area contributed by atoms with Crippen molar-refractivity contribution in [2.75, 3.05) is 25.6 Å². The molecule has 0 bridgehead atoms. The lowest BCUT2D eigenvalue weighted by atomic mass is 9.92. The normalized spacial score (nSPS) is 22.9. The van der Waals surface area contributed by atoms with Gasteiger partial charge in [-0.25, -0.2) is 9.18 Å².